The third kappa shape index (κ3) is 7.15. The first-order chi connectivity index (χ1) is 36.5. The molecular weight excluding hydrogens is 1080 g/mol. The van der Waals surface area contributed by atoms with Crippen LogP contribution < -0.4 is 0 Å². The fourth-order valence-electron chi connectivity index (χ4n) is 10.2. The first-order valence-corrected chi connectivity index (χ1v) is 20.3. The maximum absolute atomic E-state index is 16.0. The normalized spacial score (nSPS) is 20.5. The van der Waals surface area contributed by atoms with Crippen molar-refractivity contribution in [2.45, 2.75) is 35.5 Å². The highest BCUT2D eigenvalue weighted by Gasteiger charge is 2.62. The molecule has 0 amide bonds. The molecular formula is C48H12F12N6O12. The van der Waals surface area contributed by atoms with Gasteiger partial charge in [0, 0.05) is 0 Å². The van der Waals surface area contributed by atoms with Crippen molar-refractivity contribution in [2.75, 3.05) is 0 Å². The van der Waals surface area contributed by atoms with Crippen LogP contribution in [0.15, 0.2) is 16.7 Å². The Morgan fingerprint density at radius 2 is 0.603 bits per heavy atom. The number of carbonyl (C=O) groups is 6. The van der Waals surface area contributed by atoms with Crippen LogP contribution in [0.3, 0.4) is 0 Å². The maximum Gasteiger partial charge on any atom is 0.315 e. The number of benzene rings is 4. The summed E-state index contributed by atoms with van der Waals surface area (Å²) in [5.74, 6) is -70.4. The van der Waals surface area contributed by atoms with E-state index in [-0.39, 0.29) is 0 Å². The molecule has 0 saturated heterocycles. The molecule has 0 spiro atoms. The van der Waals surface area contributed by atoms with Crippen molar-refractivity contribution in [3.63, 3.8) is 0 Å². The molecule has 0 heterocycles. The number of allylic oxidation sites excluding steroid dienone is 2. The van der Waals surface area contributed by atoms with Crippen LogP contribution in [0.4, 0.5) is 64.1 Å². The monoisotopic (exact) mass is 1090 g/mol. The van der Waals surface area contributed by atoms with E-state index in [0.29, 0.717) is 6.07 Å². The summed E-state index contributed by atoms with van der Waals surface area (Å²) in [7, 11) is 0. The van der Waals surface area contributed by atoms with E-state index in [9.17, 15) is 75.2 Å². The first-order valence-electron chi connectivity index (χ1n) is 20.3. The molecule has 0 aromatic heterocycles. The molecule has 78 heavy (non-hydrogen) atoms. The predicted octanol–water partition coefficient (Wildman–Crippen LogP) is 8.66. The van der Waals surface area contributed by atoms with Gasteiger partial charge >= 0.3 is 35.8 Å². The third-order valence-corrected chi connectivity index (χ3v) is 12.8. The van der Waals surface area contributed by atoms with E-state index >= 15 is 52.7 Å². The van der Waals surface area contributed by atoms with E-state index in [1.54, 1.807) is 0 Å². The standard InChI is InChI=1S/C48H12F12N6O12/c1-64-40(27-34(55)38(59)42(66-3)39(60)35(27)56)20-25(47(75)76)18-16-14(21(43(67)68)10(23(16)45(71)72)7(4-61)12-30(51)28(49)9(6-63)29(50)31(12)52)15-17(19(18)26(20)48(77)78)24(46(73)74)11(22(15)44(69)70)8(5-62)13-32(53)36(57)41(65-2)37(58)33(13)54/h21-26H,(H,67,68)(H,69,70)(H,71,72)(H,73,74)(H,75,76)(H,77,78)/b10-7+,11-8-,40-20-. The van der Waals surface area contributed by atoms with Crippen LogP contribution in [-0.4, -0.2) is 66.5 Å². The fraction of sp³-hybridized carbons (Fsp3) is 0.125. The molecule has 0 fully saturated rings. The molecule has 4 aromatic rings. The molecule has 6 unspecified atom stereocenters. The van der Waals surface area contributed by atoms with Crippen LogP contribution in [0.25, 0.3) is 31.4 Å². The molecule has 3 aliphatic rings. The zero-order chi connectivity index (χ0) is 58.5. The second-order valence-corrected chi connectivity index (χ2v) is 16.2. The summed E-state index contributed by atoms with van der Waals surface area (Å²) < 4.78 is 188. The number of nitriles is 3. The van der Waals surface area contributed by atoms with Gasteiger partial charge < -0.3 is 30.6 Å². The van der Waals surface area contributed by atoms with Crippen molar-refractivity contribution in [2.24, 2.45) is 0 Å². The Kier molecular flexibility index (Phi) is 13.4. The van der Waals surface area contributed by atoms with Crippen molar-refractivity contribution < 1.29 is 112 Å². The SMILES string of the molecule is [C-]#[N+]/C(=C1/C(C(=O)O)c2c3c(c4c(c2C1C(=O)O)C(C(=O)O)/C(=C(/C#N)c1c(F)c(F)c([N+]#[C-])c(F)c1F)C4C(=O)O)C(C(=O)O)/C(=C(/C#N)c1c(F)c(F)c(C#N)c(F)c1F)C3C(=O)O)c1c(F)c(F)c([N+]#[C-])c(F)c1F. The minimum Gasteiger partial charge on any atom is -0.481 e. The number of halogens is 12. The minimum atomic E-state index is -3.50. The van der Waals surface area contributed by atoms with E-state index < -0.39 is 242 Å². The number of hydrogen-bond acceptors (Lipinski definition) is 9. The van der Waals surface area contributed by atoms with Crippen LogP contribution >= 0.6 is 0 Å². The summed E-state index contributed by atoms with van der Waals surface area (Å²) in [6.07, 6.45) is 0. The van der Waals surface area contributed by atoms with Gasteiger partial charge in [0.1, 0.15) is 53.0 Å². The summed E-state index contributed by atoms with van der Waals surface area (Å²) in [6.45, 7) is 21.8. The lowest BCUT2D eigenvalue weighted by molar-refractivity contribution is -0.140. The summed E-state index contributed by atoms with van der Waals surface area (Å²) in [5.41, 5.74) is -36.8. The quantitative estimate of drug-likeness (QED) is 0.0395. The van der Waals surface area contributed by atoms with Crippen molar-refractivity contribution in [1.29, 1.82) is 15.8 Å². The van der Waals surface area contributed by atoms with Crippen LogP contribution in [0, 0.1) is 124 Å². The van der Waals surface area contributed by atoms with Crippen molar-refractivity contribution >= 4 is 64.0 Å². The van der Waals surface area contributed by atoms with Gasteiger partial charge in [-0.1, -0.05) is 0 Å². The third-order valence-electron chi connectivity index (χ3n) is 12.8. The Balaban J connectivity index is 1.91. The smallest absolute Gasteiger partial charge is 0.315 e. The van der Waals surface area contributed by atoms with Gasteiger partial charge in [-0.2, -0.15) is 15.8 Å². The topological polar surface area (TPSA) is 308 Å². The Morgan fingerprint density at radius 3 is 0.808 bits per heavy atom. The van der Waals surface area contributed by atoms with E-state index in [4.69, 9.17) is 19.7 Å². The van der Waals surface area contributed by atoms with Crippen LogP contribution in [0.5, 0.6) is 0 Å². The zero-order valence-electron chi connectivity index (χ0n) is 36.8. The highest BCUT2D eigenvalue weighted by Crippen LogP contribution is 2.67. The van der Waals surface area contributed by atoms with E-state index in [0.717, 1.165) is 12.1 Å². The molecule has 0 bridgehead atoms. The van der Waals surface area contributed by atoms with Gasteiger partial charge in [-0.3, -0.25) is 28.8 Å². The van der Waals surface area contributed by atoms with Crippen LogP contribution in [0.2, 0.25) is 0 Å². The number of fused-ring (bicyclic) bond motifs is 6. The average molecular weight is 1090 g/mol. The molecule has 18 nitrogen and oxygen atoms in total. The second kappa shape index (κ2) is 19.1. The Morgan fingerprint density at radius 1 is 0.372 bits per heavy atom. The molecule has 6 N–H and O–H groups in total. The van der Waals surface area contributed by atoms with Gasteiger partial charge in [0.05, 0.1) is 65.5 Å². The molecule has 7 rings (SSSR count). The van der Waals surface area contributed by atoms with Crippen molar-refractivity contribution in [3.05, 3.63) is 176 Å². The summed E-state index contributed by atoms with van der Waals surface area (Å²) in [5, 5.41) is 96.4. The first kappa shape index (κ1) is 54.8. The van der Waals surface area contributed by atoms with Gasteiger partial charge in [-0.05, 0) is 50.1 Å². The molecule has 6 atom stereocenters. The van der Waals surface area contributed by atoms with Gasteiger partial charge in [0.2, 0.25) is 5.70 Å². The number of carboxylic acid groups (broad SMARTS) is 6. The van der Waals surface area contributed by atoms with Crippen molar-refractivity contribution in [1.82, 2.24) is 0 Å². The van der Waals surface area contributed by atoms with Gasteiger partial charge in [-0.15, -0.1) is 0 Å². The highest BCUT2D eigenvalue weighted by molar-refractivity contribution is 6.08. The van der Waals surface area contributed by atoms with E-state index in [2.05, 4.69) is 14.5 Å². The number of carboxylic acids is 6. The van der Waals surface area contributed by atoms with E-state index in [1.807, 2.05) is 0 Å². The largest absolute Gasteiger partial charge is 0.481 e. The number of hydrogen-bond donors (Lipinski definition) is 6. The summed E-state index contributed by atoms with van der Waals surface area (Å²) >= 11 is 0. The zero-order valence-corrected chi connectivity index (χ0v) is 36.8. The minimum absolute atomic E-state index is 0.698. The summed E-state index contributed by atoms with van der Waals surface area (Å²) in [4.78, 5) is 90.0. The number of aliphatic carboxylic acids is 6. The molecule has 4 aromatic carbocycles. The molecule has 0 aliphatic heterocycles. The van der Waals surface area contributed by atoms with Gasteiger partial charge in [0.25, 0.3) is 11.4 Å². The number of rotatable bonds is 9. The number of nitrogens with zero attached hydrogens (tertiary/aromatic N) is 6. The predicted molar refractivity (Wildman–Crippen MR) is 223 cm³/mol. The lowest BCUT2D eigenvalue weighted by Crippen LogP contribution is -2.20. The van der Waals surface area contributed by atoms with Gasteiger partial charge in [0.15, 0.2) is 58.2 Å². The molecule has 0 radical (unpaired) electrons. The Hall–Kier alpha value is -11.0. The fourth-order valence-corrected chi connectivity index (χ4v) is 10.2. The van der Waals surface area contributed by atoms with Gasteiger partial charge in [-0.25, -0.2) is 67.2 Å². The highest BCUT2D eigenvalue weighted by atomic mass is 19.2. The maximum atomic E-state index is 16.0. The second-order valence-electron chi connectivity index (χ2n) is 16.2. The van der Waals surface area contributed by atoms with Crippen molar-refractivity contribution in [3.8, 4) is 18.2 Å². The lowest BCUT2D eigenvalue weighted by Gasteiger charge is -2.22. The molecule has 3 aliphatic carbocycles. The van der Waals surface area contributed by atoms with E-state index in [1.165, 1.54) is 0 Å². The molecule has 390 valence electrons. The van der Waals surface area contributed by atoms with Crippen LogP contribution in [-0.2, 0) is 28.8 Å². The average Bonchev–Trinajstić information content (AvgIpc) is 4.10. The lowest BCUT2D eigenvalue weighted by atomic mass is 9.80. The molecule has 30 heteroatoms. The van der Waals surface area contributed by atoms with Crippen LogP contribution in [0.1, 0.15) is 91.1 Å². The Bertz CT molecular complexity index is 3440. The molecule has 0 saturated carbocycles. The Labute approximate surface area is 421 Å². The summed E-state index contributed by atoms with van der Waals surface area (Å²) in [6, 6.07) is 2.42.